The third kappa shape index (κ3) is 5.12. The van der Waals surface area contributed by atoms with E-state index >= 15 is 0 Å². The molecule has 1 aromatic carbocycles. The number of methoxy groups -OCH3 is 1. The van der Waals surface area contributed by atoms with Gasteiger partial charge < -0.3 is 18.9 Å². The van der Waals surface area contributed by atoms with E-state index in [1.807, 2.05) is 41.3 Å². The van der Waals surface area contributed by atoms with Crippen molar-refractivity contribution in [1.29, 1.82) is 0 Å². The minimum atomic E-state index is -0.165. The summed E-state index contributed by atoms with van der Waals surface area (Å²) in [5.41, 5.74) is 1.66. The van der Waals surface area contributed by atoms with E-state index in [0.717, 1.165) is 68.7 Å². The summed E-state index contributed by atoms with van der Waals surface area (Å²) in [6, 6.07) is 11.5. The molecular weight excluding hydrogens is 432 g/mol. The molecule has 0 N–H and O–H groups in total. The van der Waals surface area contributed by atoms with Crippen molar-refractivity contribution in [2.24, 2.45) is 5.92 Å². The molecule has 8 nitrogen and oxygen atoms in total. The number of ether oxygens (including phenoxy) is 2. The maximum atomic E-state index is 12.9. The van der Waals surface area contributed by atoms with Gasteiger partial charge in [0.05, 0.1) is 19.1 Å². The van der Waals surface area contributed by atoms with Crippen LogP contribution in [-0.4, -0.2) is 58.3 Å². The van der Waals surface area contributed by atoms with E-state index in [1.54, 1.807) is 19.5 Å². The van der Waals surface area contributed by atoms with Crippen molar-refractivity contribution in [2.75, 3.05) is 26.8 Å². The topological polar surface area (TPSA) is 90.6 Å². The molecule has 0 bridgehead atoms. The van der Waals surface area contributed by atoms with Gasteiger partial charge in [-0.05, 0) is 61.4 Å². The Bertz CT molecular complexity index is 1110. The van der Waals surface area contributed by atoms with Crippen LogP contribution < -0.4 is 4.74 Å². The van der Waals surface area contributed by atoms with Crippen LogP contribution in [0.5, 0.6) is 5.75 Å². The summed E-state index contributed by atoms with van der Waals surface area (Å²) in [4.78, 5) is 23.5. The Kier molecular flexibility index (Phi) is 6.58. The van der Waals surface area contributed by atoms with Crippen LogP contribution in [0.4, 0.5) is 0 Å². The normalized spacial score (nSPS) is 19.8. The quantitative estimate of drug-likeness (QED) is 0.551. The molecule has 1 unspecified atom stereocenters. The van der Waals surface area contributed by atoms with Crippen molar-refractivity contribution in [2.45, 2.75) is 44.1 Å². The Balaban J connectivity index is 1.15. The fourth-order valence-electron chi connectivity index (χ4n) is 5.08. The standard InChI is InChI=1S/C26H30N4O4/c1-32-22-6-2-4-19(14-22)16-24(31)30-11-8-26(9-12-30)17-20(7-13-33-26)15-23-28-25(29-34-23)21-5-3-10-27-18-21/h2-6,10,14,18,20H,7-9,11-13,15-17H2,1H3. The average Bonchev–Trinajstić information content (AvgIpc) is 3.33. The second-order valence-electron chi connectivity index (χ2n) is 9.26. The largest absolute Gasteiger partial charge is 0.497 e. The molecule has 2 aliphatic rings. The molecule has 1 atom stereocenters. The van der Waals surface area contributed by atoms with Crippen LogP contribution in [0.25, 0.3) is 11.4 Å². The first kappa shape index (κ1) is 22.5. The smallest absolute Gasteiger partial charge is 0.227 e. The van der Waals surface area contributed by atoms with E-state index in [0.29, 0.717) is 24.1 Å². The molecule has 2 saturated heterocycles. The van der Waals surface area contributed by atoms with Gasteiger partial charge in [0.1, 0.15) is 5.75 Å². The molecule has 4 heterocycles. The van der Waals surface area contributed by atoms with E-state index in [9.17, 15) is 4.79 Å². The minimum absolute atomic E-state index is 0.157. The molecule has 0 radical (unpaired) electrons. The summed E-state index contributed by atoms with van der Waals surface area (Å²) in [7, 11) is 1.64. The van der Waals surface area contributed by atoms with Crippen LogP contribution in [-0.2, 0) is 22.4 Å². The lowest BCUT2D eigenvalue weighted by Gasteiger charge is -2.46. The number of rotatable bonds is 6. The number of likely N-dealkylation sites (tertiary alicyclic amines) is 1. The molecule has 34 heavy (non-hydrogen) atoms. The zero-order chi connectivity index (χ0) is 23.4. The van der Waals surface area contributed by atoms with Crippen molar-refractivity contribution in [3.05, 3.63) is 60.2 Å². The summed E-state index contributed by atoms with van der Waals surface area (Å²) in [6.07, 6.45) is 8.25. The highest BCUT2D eigenvalue weighted by atomic mass is 16.5. The summed E-state index contributed by atoms with van der Waals surface area (Å²) >= 11 is 0. The fourth-order valence-corrected chi connectivity index (χ4v) is 5.08. The van der Waals surface area contributed by atoms with Crippen molar-refractivity contribution in [1.82, 2.24) is 20.0 Å². The van der Waals surface area contributed by atoms with Gasteiger partial charge in [0, 0.05) is 44.1 Å². The van der Waals surface area contributed by atoms with Gasteiger partial charge in [0.15, 0.2) is 0 Å². The number of carbonyl (C=O) groups is 1. The van der Waals surface area contributed by atoms with Crippen LogP contribution >= 0.6 is 0 Å². The SMILES string of the molecule is COc1cccc(CC(=O)N2CCC3(CC2)CC(Cc2nc(-c4cccnc4)no2)CCO3)c1. The lowest BCUT2D eigenvalue weighted by atomic mass is 9.78. The van der Waals surface area contributed by atoms with E-state index in [4.69, 9.17) is 14.0 Å². The van der Waals surface area contributed by atoms with Crippen LogP contribution in [0.15, 0.2) is 53.3 Å². The van der Waals surface area contributed by atoms with E-state index < -0.39 is 0 Å². The van der Waals surface area contributed by atoms with E-state index in [1.165, 1.54) is 0 Å². The Morgan fingerprint density at radius 2 is 2.12 bits per heavy atom. The zero-order valence-electron chi connectivity index (χ0n) is 19.5. The van der Waals surface area contributed by atoms with Crippen LogP contribution in [0.1, 0.15) is 37.1 Å². The molecule has 2 aromatic heterocycles. The Morgan fingerprint density at radius 1 is 1.24 bits per heavy atom. The lowest BCUT2D eigenvalue weighted by molar-refractivity contribution is -0.146. The highest BCUT2D eigenvalue weighted by Crippen LogP contribution is 2.39. The highest BCUT2D eigenvalue weighted by Gasteiger charge is 2.41. The Labute approximate surface area is 199 Å². The third-order valence-electron chi connectivity index (χ3n) is 6.96. The number of amides is 1. The minimum Gasteiger partial charge on any atom is -0.497 e. The number of carbonyl (C=O) groups excluding carboxylic acids is 1. The number of piperidine rings is 1. The van der Waals surface area contributed by atoms with Gasteiger partial charge in [0.25, 0.3) is 0 Å². The van der Waals surface area contributed by atoms with Gasteiger partial charge >= 0.3 is 0 Å². The van der Waals surface area contributed by atoms with Crippen LogP contribution in [0, 0.1) is 5.92 Å². The van der Waals surface area contributed by atoms with E-state index in [-0.39, 0.29) is 11.5 Å². The van der Waals surface area contributed by atoms with Crippen molar-refractivity contribution >= 4 is 5.91 Å². The maximum absolute atomic E-state index is 12.9. The van der Waals surface area contributed by atoms with Gasteiger partial charge in [0.2, 0.25) is 17.6 Å². The highest BCUT2D eigenvalue weighted by molar-refractivity contribution is 5.79. The molecule has 5 rings (SSSR count). The molecule has 2 aliphatic heterocycles. The predicted octanol–water partition coefficient (Wildman–Crippen LogP) is 3.71. The molecule has 0 aliphatic carbocycles. The van der Waals surface area contributed by atoms with Gasteiger partial charge in [-0.3, -0.25) is 9.78 Å². The lowest BCUT2D eigenvalue weighted by Crippen LogP contribution is -2.51. The third-order valence-corrected chi connectivity index (χ3v) is 6.96. The molecule has 1 amide bonds. The fraction of sp³-hybridized carbons (Fsp3) is 0.462. The summed E-state index contributed by atoms with van der Waals surface area (Å²) in [6.45, 7) is 2.18. The first-order chi connectivity index (χ1) is 16.6. The number of aromatic nitrogens is 3. The average molecular weight is 463 g/mol. The van der Waals surface area contributed by atoms with Crippen LogP contribution in [0.3, 0.4) is 0 Å². The molecule has 3 aromatic rings. The molecule has 8 heteroatoms. The maximum Gasteiger partial charge on any atom is 0.227 e. The predicted molar refractivity (Wildman–Crippen MR) is 125 cm³/mol. The first-order valence-electron chi connectivity index (χ1n) is 11.9. The van der Waals surface area contributed by atoms with Gasteiger partial charge in [-0.25, -0.2) is 0 Å². The number of nitrogens with zero attached hydrogens (tertiary/aromatic N) is 4. The van der Waals surface area contributed by atoms with Gasteiger partial charge in [-0.2, -0.15) is 4.98 Å². The molecule has 0 saturated carbocycles. The number of hydrogen-bond donors (Lipinski definition) is 0. The second kappa shape index (κ2) is 9.93. The summed E-state index contributed by atoms with van der Waals surface area (Å²) in [5, 5.41) is 4.12. The second-order valence-corrected chi connectivity index (χ2v) is 9.26. The number of hydrogen-bond acceptors (Lipinski definition) is 7. The molecule has 1 spiro atoms. The van der Waals surface area contributed by atoms with Crippen molar-refractivity contribution in [3.8, 4) is 17.1 Å². The Morgan fingerprint density at radius 3 is 2.91 bits per heavy atom. The summed E-state index contributed by atoms with van der Waals surface area (Å²) < 4.78 is 17.1. The van der Waals surface area contributed by atoms with Gasteiger partial charge in [-0.15, -0.1) is 0 Å². The zero-order valence-corrected chi connectivity index (χ0v) is 19.5. The van der Waals surface area contributed by atoms with Crippen molar-refractivity contribution in [3.63, 3.8) is 0 Å². The van der Waals surface area contributed by atoms with Gasteiger partial charge in [-0.1, -0.05) is 17.3 Å². The monoisotopic (exact) mass is 462 g/mol. The van der Waals surface area contributed by atoms with Crippen molar-refractivity contribution < 1.29 is 18.8 Å². The molecular formula is C26H30N4O4. The molecule has 2 fully saturated rings. The summed E-state index contributed by atoms with van der Waals surface area (Å²) in [5.74, 6) is 2.59. The number of benzene rings is 1. The molecule has 178 valence electrons. The number of pyridine rings is 1. The van der Waals surface area contributed by atoms with Crippen LogP contribution in [0.2, 0.25) is 0 Å². The first-order valence-corrected chi connectivity index (χ1v) is 11.9. The van der Waals surface area contributed by atoms with E-state index in [2.05, 4.69) is 15.1 Å². The Hall–Kier alpha value is -3.26.